The van der Waals surface area contributed by atoms with Crippen LogP contribution in [0, 0.1) is 6.92 Å². The fraction of sp³-hybridized carbons (Fsp3) is 0.375. The van der Waals surface area contributed by atoms with Gasteiger partial charge in [-0.05, 0) is 63.1 Å². The van der Waals surface area contributed by atoms with Crippen LogP contribution in [0.4, 0.5) is 0 Å². The molecule has 1 fully saturated rings. The molecule has 1 N–H and O–H groups in total. The lowest BCUT2D eigenvalue weighted by Gasteiger charge is -2.21. The molecule has 32 heavy (non-hydrogen) atoms. The van der Waals surface area contributed by atoms with Gasteiger partial charge in [0.25, 0.3) is 0 Å². The van der Waals surface area contributed by atoms with E-state index < -0.39 is 16.0 Å². The molecule has 2 atom stereocenters. The molecule has 0 amide bonds. The molecule has 0 bridgehead atoms. The van der Waals surface area contributed by atoms with Gasteiger partial charge in [0.15, 0.2) is 0 Å². The van der Waals surface area contributed by atoms with Crippen molar-refractivity contribution < 1.29 is 23.1 Å². The Labute approximate surface area is 188 Å². The molecular weight excluding hydrogens is 428 g/mol. The first-order chi connectivity index (χ1) is 15.2. The lowest BCUT2D eigenvalue weighted by Crippen LogP contribution is -2.34. The molecule has 3 aromatic rings. The van der Waals surface area contributed by atoms with E-state index in [-0.39, 0.29) is 23.4 Å². The lowest BCUT2D eigenvalue weighted by atomic mass is 10.1. The fourth-order valence-corrected chi connectivity index (χ4v) is 6.49. The summed E-state index contributed by atoms with van der Waals surface area (Å²) < 4.78 is 35.9. The van der Waals surface area contributed by atoms with Crippen molar-refractivity contribution in [2.75, 3.05) is 13.2 Å². The molecule has 0 spiro atoms. The summed E-state index contributed by atoms with van der Waals surface area (Å²) in [6.07, 6.45) is 0.595. The highest BCUT2D eigenvalue weighted by atomic mass is 32.2. The molecule has 0 saturated carbocycles. The zero-order valence-corrected chi connectivity index (χ0v) is 19.3. The van der Waals surface area contributed by atoms with Crippen LogP contribution in [-0.4, -0.2) is 47.6 Å². The minimum atomic E-state index is -3.67. The van der Waals surface area contributed by atoms with Gasteiger partial charge in [-0.3, -0.25) is 4.79 Å². The minimum absolute atomic E-state index is 0.0597. The number of sulfonamides is 1. The lowest BCUT2D eigenvalue weighted by molar-refractivity contribution is -0.136. The summed E-state index contributed by atoms with van der Waals surface area (Å²) in [6, 6.07) is 14.0. The smallest absolute Gasteiger partial charge is 0.307 e. The normalized spacial score (nSPS) is 19.5. The van der Waals surface area contributed by atoms with Crippen LogP contribution in [-0.2, 0) is 21.2 Å². The number of para-hydroxylation sites is 1. The Morgan fingerprint density at radius 3 is 2.50 bits per heavy atom. The standard InChI is InChI=1S/C24H28N2O5S/c1-4-31-19-9-11-20(12-10-19)32(29,30)25-15-18(13-16(25)2)26-17(3)22(14-24(27)28)21-7-5-6-8-23(21)26/h5-12,16,18H,4,13-15H2,1-3H3,(H,27,28)/t16-,18+/m0/s1. The summed E-state index contributed by atoms with van der Waals surface area (Å²) in [5.41, 5.74) is 2.61. The summed E-state index contributed by atoms with van der Waals surface area (Å²) in [4.78, 5) is 11.7. The van der Waals surface area contributed by atoms with E-state index in [1.165, 1.54) is 0 Å². The zero-order valence-electron chi connectivity index (χ0n) is 18.5. The molecule has 4 rings (SSSR count). The Morgan fingerprint density at radius 1 is 1.16 bits per heavy atom. The molecule has 1 aromatic heterocycles. The van der Waals surface area contributed by atoms with E-state index in [4.69, 9.17) is 4.74 Å². The van der Waals surface area contributed by atoms with E-state index in [9.17, 15) is 18.3 Å². The number of hydrogen-bond acceptors (Lipinski definition) is 4. The van der Waals surface area contributed by atoms with E-state index >= 15 is 0 Å². The summed E-state index contributed by atoms with van der Waals surface area (Å²) in [5, 5.41) is 10.3. The predicted octanol–water partition coefficient (Wildman–Crippen LogP) is 4.00. The van der Waals surface area contributed by atoms with Crippen LogP contribution in [0.3, 0.4) is 0 Å². The second kappa shape index (κ2) is 8.60. The molecule has 7 nitrogen and oxygen atoms in total. The van der Waals surface area contributed by atoms with Crippen LogP contribution >= 0.6 is 0 Å². The molecule has 0 aliphatic carbocycles. The molecule has 170 valence electrons. The molecule has 8 heteroatoms. The van der Waals surface area contributed by atoms with Crippen LogP contribution in [0.1, 0.15) is 37.6 Å². The highest BCUT2D eigenvalue weighted by Gasteiger charge is 2.39. The third kappa shape index (κ3) is 3.89. The van der Waals surface area contributed by atoms with E-state index in [1.807, 2.05) is 45.0 Å². The van der Waals surface area contributed by atoms with Gasteiger partial charge in [0, 0.05) is 35.2 Å². The summed E-state index contributed by atoms with van der Waals surface area (Å²) in [7, 11) is -3.67. The van der Waals surface area contributed by atoms with Gasteiger partial charge in [-0.2, -0.15) is 4.31 Å². The van der Waals surface area contributed by atoms with Crippen molar-refractivity contribution in [1.82, 2.24) is 8.87 Å². The maximum atomic E-state index is 13.4. The third-order valence-corrected chi connectivity index (χ3v) is 8.21. The maximum absolute atomic E-state index is 13.4. The third-order valence-electron chi connectivity index (χ3n) is 6.22. The van der Waals surface area contributed by atoms with Crippen LogP contribution in [0.15, 0.2) is 53.4 Å². The monoisotopic (exact) mass is 456 g/mol. The predicted molar refractivity (Wildman–Crippen MR) is 123 cm³/mol. The number of benzene rings is 2. The van der Waals surface area contributed by atoms with Gasteiger partial charge in [-0.15, -0.1) is 0 Å². The molecular formula is C24H28N2O5S. The number of aliphatic carboxylic acids is 1. The van der Waals surface area contributed by atoms with Crippen molar-refractivity contribution in [3.63, 3.8) is 0 Å². The summed E-state index contributed by atoms with van der Waals surface area (Å²) in [5.74, 6) is -0.241. The largest absolute Gasteiger partial charge is 0.494 e. The van der Waals surface area contributed by atoms with E-state index in [1.54, 1.807) is 28.6 Å². The Morgan fingerprint density at radius 2 is 1.84 bits per heavy atom. The van der Waals surface area contributed by atoms with Gasteiger partial charge < -0.3 is 14.4 Å². The zero-order chi connectivity index (χ0) is 23.0. The number of fused-ring (bicyclic) bond motifs is 1. The van der Waals surface area contributed by atoms with Crippen LogP contribution in [0.5, 0.6) is 5.75 Å². The number of carboxylic acid groups (broad SMARTS) is 1. The molecule has 2 heterocycles. The first-order valence-corrected chi connectivity index (χ1v) is 12.2. The van der Waals surface area contributed by atoms with Crippen molar-refractivity contribution in [3.8, 4) is 5.75 Å². The van der Waals surface area contributed by atoms with Crippen molar-refractivity contribution in [1.29, 1.82) is 0 Å². The first-order valence-electron chi connectivity index (χ1n) is 10.8. The number of nitrogens with zero attached hydrogens (tertiary/aromatic N) is 2. The van der Waals surface area contributed by atoms with Crippen molar-refractivity contribution in [2.45, 2.75) is 50.6 Å². The Bertz CT molecular complexity index is 1250. The molecule has 0 unspecified atom stereocenters. The van der Waals surface area contributed by atoms with Gasteiger partial charge in [0.2, 0.25) is 10.0 Å². The average Bonchev–Trinajstić information content (AvgIpc) is 3.26. The van der Waals surface area contributed by atoms with Crippen LogP contribution in [0.25, 0.3) is 10.9 Å². The van der Waals surface area contributed by atoms with Gasteiger partial charge in [-0.1, -0.05) is 18.2 Å². The summed E-state index contributed by atoms with van der Waals surface area (Å²) in [6.45, 7) is 6.58. The average molecular weight is 457 g/mol. The van der Waals surface area contributed by atoms with Gasteiger partial charge >= 0.3 is 5.97 Å². The number of ether oxygens (including phenoxy) is 1. The highest BCUT2D eigenvalue weighted by molar-refractivity contribution is 7.89. The van der Waals surface area contributed by atoms with Gasteiger partial charge in [0.1, 0.15) is 5.75 Å². The molecule has 0 radical (unpaired) electrons. The van der Waals surface area contributed by atoms with Crippen LogP contribution in [0.2, 0.25) is 0 Å². The number of hydrogen-bond donors (Lipinski definition) is 1. The Hall–Kier alpha value is -2.84. The Balaban J connectivity index is 1.68. The van der Waals surface area contributed by atoms with Gasteiger partial charge in [0.05, 0.1) is 17.9 Å². The van der Waals surface area contributed by atoms with E-state index in [0.717, 1.165) is 22.2 Å². The fourth-order valence-electron chi connectivity index (χ4n) is 4.81. The molecule has 1 aliphatic rings. The second-order valence-corrected chi connectivity index (χ2v) is 10.1. The van der Waals surface area contributed by atoms with E-state index in [2.05, 4.69) is 4.57 Å². The number of aromatic nitrogens is 1. The highest BCUT2D eigenvalue weighted by Crippen LogP contribution is 2.37. The molecule has 1 saturated heterocycles. The van der Waals surface area contributed by atoms with Crippen molar-refractivity contribution in [3.05, 3.63) is 59.8 Å². The second-order valence-electron chi connectivity index (χ2n) is 8.24. The minimum Gasteiger partial charge on any atom is -0.494 e. The topological polar surface area (TPSA) is 88.8 Å². The first kappa shape index (κ1) is 22.4. The maximum Gasteiger partial charge on any atom is 0.307 e. The molecule has 2 aromatic carbocycles. The van der Waals surface area contributed by atoms with Crippen LogP contribution < -0.4 is 4.74 Å². The van der Waals surface area contributed by atoms with Crippen molar-refractivity contribution in [2.24, 2.45) is 0 Å². The number of carboxylic acids is 1. The quantitative estimate of drug-likeness (QED) is 0.581. The van der Waals surface area contributed by atoms with E-state index in [0.29, 0.717) is 25.3 Å². The Kier molecular flexibility index (Phi) is 6.01. The molecule has 1 aliphatic heterocycles. The number of carbonyl (C=O) groups is 1. The van der Waals surface area contributed by atoms with Crippen molar-refractivity contribution >= 4 is 26.9 Å². The number of rotatable bonds is 7. The summed E-state index contributed by atoms with van der Waals surface area (Å²) >= 11 is 0. The van der Waals surface area contributed by atoms with Gasteiger partial charge in [-0.25, -0.2) is 8.42 Å². The SMILES string of the molecule is CCOc1ccc(S(=O)(=O)N2C[C@H](n3c(C)c(CC(=O)O)c4ccccc43)C[C@@H]2C)cc1.